The third-order valence-corrected chi connectivity index (χ3v) is 5.03. The monoisotopic (exact) mass is 309 g/mol. The summed E-state index contributed by atoms with van der Waals surface area (Å²) < 4.78 is 5.11. The second-order valence-electron chi connectivity index (χ2n) is 4.15. The van der Waals surface area contributed by atoms with Crippen molar-refractivity contribution in [3.8, 4) is 0 Å². The smallest absolute Gasteiger partial charge is 0.206 e. The van der Waals surface area contributed by atoms with Gasteiger partial charge in [0, 0.05) is 11.9 Å². The number of fused-ring (bicyclic) bond motifs is 1. The Morgan fingerprint density at radius 3 is 2.84 bits per heavy atom. The van der Waals surface area contributed by atoms with E-state index in [1.54, 1.807) is 23.3 Å². The van der Waals surface area contributed by atoms with Gasteiger partial charge >= 0.3 is 0 Å². The van der Waals surface area contributed by atoms with Crippen LogP contribution < -0.4 is 10.0 Å². The molecule has 0 saturated heterocycles. The van der Waals surface area contributed by atoms with Crippen LogP contribution in [-0.4, -0.2) is 5.96 Å². The van der Waals surface area contributed by atoms with Gasteiger partial charge in [0.1, 0.15) is 4.21 Å². The molecular weight excluding hydrogens is 298 g/mol. The van der Waals surface area contributed by atoms with Crippen molar-refractivity contribution in [1.29, 1.82) is 0 Å². The van der Waals surface area contributed by atoms with Crippen molar-refractivity contribution in [3.63, 3.8) is 0 Å². The van der Waals surface area contributed by atoms with Crippen LogP contribution >= 0.6 is 34.9 Å². The molecule has 19 heavy (non-hydrogen) atoms. The highest BCUT2D eigenvalue weighted by atomic mass is 35.5. The second kappa shape index (κ2) is 5.45. The molecule has 1 aliphatic rings. The maximum Gasteiger partial charge on any atom is 0.206 e. The number of halogens is 1. The summed E-state index contributed by atoms with van der Waals surface area (Å²) >= 11 is 9.10. The van der Waals surface area contributed by atoms with Crippen LogP contribution in [0.2, 0.25) is 4.34 Å². The molecule has 6 heteroatoms. The fourth-order valence-electron chi connectivity index (χ4n) is 1.81. The molecule has 0 aliphatic carbocycles. The summed E-state index contributed by atoms with van der Waals surface area (Å²) in [5, 5.41) is 3.26. The largest absolute Gasteiger partial charge is 0.324 e. The third kappa shape index (κ3) is 2.88. The maximum absolute atomic E-state index is 6.00. The van der Waals surface area contributed by atoms with Crippen molar-refractivity contribution < 1.29 is 0 Å². The number of nitrogens with zero attached hydrogens (tertiary/aromatic N) is 1. The Balaban J connectivity index is 1.79. The van der Waals surface area contributed by atoms with E-state index in [-0.39, 0.29) is 6.04 Å². The Kier molecular flexibility index (Phi) is 3.68. The molecule has 2 heterocycles. The average Bonchev–Trinajstić information content (AvgIpc) is 2.79. The molecule has 2 aromatic rings. The molecule has 2 N–H and O–H groups in total. The number of rotatable bonds is 2. The summed E-state index contributed by atoms with van der Waals surface area (Å²) in [7, 11) is 0. The standard InChI is InChI=1S/C13H12ClN3S2/c1-8(9-5-3-2-4-6-9)15-13-16-10-7-11(14)18-12(10)19-17-13/h2-8H,1H3,(H2,15,16,17)/t8-/m1/s1. The Labute approximate surface area is 125 Å². The van der Waals surface area contributed by atoms with E-state index in [0.717, 1.165) is 20.2 Å². The number of hydrogen-bond donors (Lipinski definition) is 2. The first-order chi connectivity index (χ1) is 9.22. The van der Waals surface area contributed by atoms with E-state index in [1.165, 1.54) is 5.56 Å². The molecule has 0 unspecified atom stereocenters. The molecular formula is C13H12ClN3S2. The Morgan fingerprint density at radius 1 is 1.26 bits per heavy atom. The van der Waals surface area contributed by atoms with Crippen molar-refractivity contribution in [1.82, 2.24) is 4.72 Å². The van der Waals surface area contributed by atoms with Gasteiger partial charge in [0.25, 0.3) is 0 Å². The lowest BCUT2D eigenvalue weighted by atomic mass is 10.1. The van der Waals surface area contributed by atoms with Crippen molar-refractivity contribution in [2.24, 2.45) is 4.99 Å². The molecule has 0 bridgehead atoms. The normalized spacial score (nSPS) is 17.5. The van der Waals surface area contributed by atoms with Crippen LogP contribution in [0.4, 0.5) is 5.69 Å². The summed E-state index contributed by atoms with van der Waals surface area (Å²) in [6, 6.07) is 12.3. The number of guanidine groups is 1. The third-order valence-electron chi connectivity index (χ3n) is 2.77. The van der Waals surface area contributed by atoms with Crippen LogP contribution in [0.15, 0.2) is 45.6 Å². The number of thiophene rings is 1. The van der Waals surface area contributed by atoms with Gasteiger partial charge in [0.05, 0.1) is 16.1 Å². The van der Waals surface area contributed by atoms with Gasteiger partial charge in [-0.05, 0) is 18.6 Å². The molecule has 0 fully saturated rings. The molecule has 1 aromatic carbocycles. The van der Waals surface area contributed by atoms with E-state index in [0.29, 0.717) is 0 Å². The minimum atomic E-state index is 0.104. The van der Waals surface area contributed by atoms with Crippen LogP contribution in [0, 0.1) is 0 Å². The SMILES string of the molecule is C[C@@H](N=C1NSc2sc(Cl)cc2N1)c1ccccc1. The number of nitrogens with one attached hydrogen (secondary N) is 2. The summed E-state index contributed by atoms with van der Waals surface area (Å²) in [4.78, 5) is 4.65. The second-order valence-corrected chi connectivity index (χ2v) is 6.90. The highest BCUT2D eigenvalue weighted by Crippen LogP contribution is 2.39. The highest BCUT2D eigenvalue weighted by molar-refractivity contribution is 8.00. The summed E-state index contributed by atoms with van der Waals surface area (Å²) in [6.07, 6.45) is 0. The van der Waals surface area contributed by atoms with Crippen LogP contribution in [0.5, 0.6) is 0 Å². The first-order valence-corrected chi connectivity index (χ1v) is 7.85. The van der Waals surface area contributed by atoms with E-state index in [9.17, 15) is 0 Å². The van der Waals surface area contributed by atoms with Gasteiger partial charge < -0.3 is 5.32 Å². The molecule has 0 spiro atoms. The number of aliphatic imine (C=N–C) groups is 1. The predicted molar refractivity (Wildman–Crippen MR) is 84.2 cm³/mol. The van der Waals surface area contributed by atoms with Crippen LogP contribution in [0.1, 0.15) is 18.5 Å². The van der Waals surface area contributed by atoms with E-state index in [4.69, 9.17) is 11.6 Å². The fraction of sp³-hybridized carbons (Fsp3) is 0.154. The highest BCUT2D eigenvalue weighted by Gasteiger charge is 2.17. The summed E-state index contributed by atoms with van der Waals surface area (Å²) in [6.45, 7) is 2.08. The quantitative estimate of drug-likeness (QED) is 0.800. The molecule has 98 valence electrons. The Morgan fingerprint density at radius 2 is 2.05 bits per heavy atom. The van der Waals surface area contributed by atoms with Crippen LogP contribution in [0.3, 0.4) is 0 Å². The topological polar surface area (TPSA) is 36.4 Å². The molecule has 3 rings (SSSR count). The minimum absolute atomic E-state index is 0.104. The van der Waals surface area contributed by atoms with Gasteiger partial charge in [-0.25, -0.2) is 4.99 Å². The van der Waals surface area contributed by atoms with Gasteiger partial charge in [-0.2, -0.15) is 0 Å². The van der Waals surface area contributed by atoms with Crippen LogP contribution in [0.25, 0.3) is 0 Å². The van der Waals surface area contributed by atoms with E-state index >= 15 is 0 Å². The predicted octanol–water partition coefficient (Wildman–Crippen LogP) is 4.54. The lowest BCUT2D eigenvalue weighted by Gasteiger charge is -2.18. The van der Waals surface area contributed by atoms with Gasteiger partial charge in [-0.15, -0.1) is 11.3 Å². The molecule has 1 aliphatic heterocycles. The zero-order chi connectivity index (χ0) is 13.2. The van der Waals surface area contributed by atoms with E-state index < -0.39 is 0 Å². The number of anilines is 1. The van der Waals surface area contributed by atoms with Gasteiger partial charge in [-0.3, -0.25) is 4.72 Å². The average molecular weight is 310 g/mol. The van der Waals surface area contributed by atoms with Crippen molar-refractivity contribution in [2.45, 2.75) is 17.2 Å². The van der Waals surface area contributed by atoms with Gasteiger partial charge in [0.15, 0.2) is 0 Å². The van der Waals surface area contributed by atoms with Crippen molar-refractivity contribution in [3.05, 3.63) is 46.3 Å². The zero-order valence-corrected chi connectivity index (χ0v) is 12.6. The number of benzene rings is 1. The van der Waals surface area contributed by atoms with Gasteiger partial charge in [-0.1, -0.05) is 41.9 Å². The first-order valence-electron chi connectivity index (χ1n) is 5.84. The molecule has 0 saturated carbocycles. The summed E-state index contributed by atoms with van der Waals surface area (Å²) in [5.74, 6) is 0.767. The lowest BCUT2D eigenvalue weighted by molar-refractivity contribution is 0.815. The molecule has 0 amide bonds. The Bertz CT molecular complexity index is 610. The number of hydrogen-bond acceptors (Lipinski definition) is 3. The molecule has 1 atom stereocenters. The van der Waals surface area contributed by atoms with Crippen molar-refractivity contribution in [2.75, 3.05) is 5.32 Å². The minimum Gasteiger partial charge on any atom is -0.324 e. The zero-order valence-electron chi connectivity index (χ0n) is 10.2. The molecule has 3 nitrogen and oxygen atoms in total. The summed E-state index contributed by atoms with van der Waals surface area (Å²) in [5.41, 5.74) is 2.22. The van der Waals surface area contributed by atoms with E-state index in [1.807, 2.05) is 24.3 Å². The lowest BCUT2D eigenvalue weighted by Crippen LogP contribution is -2.29. The van der Waals surface area contributed by atoms with Crippen molar-refractivity contribution >= 4 is 46.5 Å². The molecule has 0 radical (unpaired) electrons. The maximum atomic E-state index is 6.00. The molecule has 1 aromatic heterocycles. The van der Waals surface area contributed by atoms with Gasteiger partial charge in [0.2, 0.25) is 5.96 Å². The Hall–Kier alpha value is -1.17. The van der Waals surface area contributed by atoms with E-state index in [2.05, 4.69) is 34.1 Å². The van der Waals surface area contributed by atoms with Crippen LogP contribution in [-0.2, 0) is 0 Å². The first kappa shape index (κ1) is 12.8. The fourth-order valence-corrected chi connectivity index (χ4v) is 3.94.